The second-order valence-corrected chi connectivity index (χ2v) is 5.10. The highest BCUT2D eigenvalue weighted by Crippen LogP contribution is 2.27. The van der Waals surface area contributed by atoms with E-state index in [4.69, 9.17) is 4.74 Å². The van der Waals surface area contributed by atoms with Gasteiger partial charge in [-0.3, -0.25) is 4.90 Å². The number of nitrogens with zero attached hydrogens (tertiary/aromatic N) is 1. The molecule has 1 saturated heterocycles. The van der Waals surface area contributed by atoms with Gasteiger partial charge in [-0.15, -0.1) is 0 Å². The highest BCUT2D eigenvalue weighted by Gasteiger charge is 2.28. The Balaban J connectivity index is 1.58. The number of anilines is 2. The number of carbonyl (C=O) groups excluding carboxylic acids is 1. The van der Waals surface area contributed by atoms with Gasteiger partial charge in [-0.25, -0.2) is 4.79 Å². The maximum absolute atomic E-state index is 11.5. The first-order valence-electron chi connectivity index (χ1n) is 6.71. The lowest BCUT2D eigenvalue weighted by Gasteiger charge is -2.35. The Morgan fingerprint density at radius 1 is 1.32 bits per heavy atom. The maximum Gasteiger partial charge on any atom is 0.321 e. The number of rotatable bonds is 4. The first-order valence-corrected chi connectivity index (χ1v) is 6.71. The molecule has 1 aliphatic carbocycles. The molecule has 5 heteroatoms. The normalized spacial score (nSPS) is 25.9. The third-order valence-corrected chi connectivity index (χ3v) is 3.83. The average molecular weight is 261 g/mol. The van der Waals surface area contributed by atoms with Crippen molar-refractivity contribution >= 4 is 17.4 Å². The van der Waals surface area contributed by atoms with Gasteiger partial charge >= 0.3 is 6.03 Å². The number of carbonyl (C=O) groups is 1. The molecule has 102 valence electrons. The smallest absolute Gasteiger partial charge is 0.321 e. The molecule has 1 saturated carbocycles. The molecule has 3 rings (SSSR count). The molecule has 5 nitrogen and oxygen atoms in total. The topological polar surface area (TPSA) is 53.6 Å². The van der Waals surface area contributed by atoms with Crippen LogP contribution in [0.1, 0.15) is 12.8 Å². The Kier molecular flexibility index (Phi) is 3.29. The van der Waals surface area contributed by atoms with E-state index in [2.05, 4.69) is 10.6 Å². The van der Waals surface area contributed by atoms with E-state index < -0.39 is 0 Å². The molecule has 2 aliphatic rings. The average Bonchev–Trinajstić information content (AvgIpc) is 2.80. The number of nitrogens with one attached hydrogen (secondary N) is 2. The molecule has 19 heavy (non-hydrogen) atoms. The van der Waals surface area contributed by atoms with Crippen molar-refractivity contribution in [3.05, 3.63) is 24.3 Å². The van der Waals surface area contributed by atoms with Gasteiger partial charge in [0.1, 0.15) is 0 Å². The molecule has 1 heterocycles. The van der Waals surface area contributed by atoms with Crippen molar-refractivity contribution in [1.29, 1.82) is 0 Å². The van der Waals surface area contributed by atoms with Gasteiger partial charge in [0.2, 0.25) is 0 Å². The summed E-state index contributed by atoms with van der Waals surface area (Å²) in [5.74, 6) is 0. The van der Waals surface area contributed by atoms with Gasteiger partial charge in [-0.1, -0.05) is 0 Å². The monoisotopic (exact) mass is 261 g/mol. The van der Waals surface area contributed by atoms with Gasteiger partial charge in [0.05, 0.1) is 6.10 Å². The molecule has 1 aromatic carbocycles. The summed E-state index contributed by atoms with van der Waals surface area (Å²) in [6, 6.07) is 8.52. The Bertz CT molecular complexity index is 454. The van der Waals surface area contributed by atoms with Crippen LogP contribution in [-0.2, 0) is 4.74 Å². The summed E-state index contributed by atoms with van der Waals surface area (Å²) in [4.78, 5) is 13.3. The van der Waals surface area contributed by atoms with Crippen molar-refractivity contribution in [3.8, 4) is 0 Å². The zero-order valence-corrected chi connectivity index (χ0v) is 11.1. The second-order valence-electron chi connectivity index (χ2n) is 5.10. The van der Waals surface area contributed by atoms with Gasteiger partial charge in [-0.05, 0) is 37.1 Å². The van der Waals surface area contributed by atoms with Gasteiger partial charge in [0, 0.05) is 37.6 Å². The quantitative estimate of drug-likeness (QED) is 0.869. The molecule has 0 atom stereocenters. The van der Waals surface area contributed by atoms with Gasteiger partial charge in [-0.2, -0.15) is 0 Å². The van der Waals surface area contributed by atoms with E-state index in [1.165, 1.54) is 0 Å². The van der Waals surface area contributed by atoms with Crippen LogP contribution in [0.25, 0.3) is 0 Å². The van der Waals surface area contributed by atoms with Crippen LogP contribution in [0.2, 0.25) is 0 Å². The molecule has 2 fully saturated rings. The molecule has 0 radical (unpaired) electrons. The Morgan fingerprint density at radius 3 is 2.63 bits per heavy atom. The Morgan fingerprint density at radius 2 is 2.05 bits per heavy atom. The summed E-state index contributed by atoms with van der Waals surface area (Å²) in [6.07, 6.45) is 2.53. The van der Waals surface area contributed by atoms with E-state index in [1.54, 1.807) is 12.0 Å². The Hall–Kier alpha value is -1.75. The number of methoxy groups -OCH3 is 1. The van der Waals surface area contributed by atoms with Crippen molar-refractivity contribution < 1.29 is 9.53 Å². The van der Waals surface area contributed by atoms with Gasteiger partial charge in [0.25, 0.3) is 0 Å². The molecule has 0 aromatic heterocycles. The Labute approximate surface area is 112 Å². The highest BCUT2D eigenvalue weighted by atomic mass is 16.5. The van der Waals surface area contributed by atoms with Gasteiger partial charge in [0.15, 0.2) is 0 Å². The summed E-state index contributed by atoms with van der Waals surface area (Å²) in [5, 5.41) is 6.27. The zero-order valence-electron chi connectivity index (χ0n) is 11.1. The minimum atomic E-state index is -0.0114. The third-order valence-electron chi connectivity index (χ3n) is 3.83. The highest BCUT2D eigenvalue weighted by molar-refractivity contribution is 5.94. The standard InChI is InChI=1S/C14H19N3O2/c1-19-13-8-11(9-13)16-10-2-4-12(5-3-10)17-7-6-15-14(17)18/h2-5,11,13,16H,6-9H2,1H3,(H,15,18). The molecule has 0 unspecified atom stereocenters. The SMILES string of the molecule is COC1CC(Nc2ccc(N3CCNC3=O)cc2)C1. The van der Waals surface area contributed by atoms with Crippen LogP contribution in [0, 0.1) is 0 Å². The number of hydrogen-bond acceptors (Lipinski definition) is 3. The first kappa shape index (κ1) is 12.3. The lowest BCUT2D eigenvalue weighted by molar-refractivity contribution is 0.0329. The van der Waals surface area contributed by atoms with Crippen LogP contribution >= 0.6 is 0 Å². The minimum absolute atomic E-state index is 0.0114. The molecule has 2 N–H and O–H groups in total. The van der Waals surface area contributed by atoms with Crippen LogP contribution in [-0.4, -0.2) is 38.4 Å². The lowest BCUT2D eigenvalue weighted by atomic mass is 9.89. The van der Waals surface area contributed by atoms with Crippen molar-refractivity contribution in [2.45, 2.75) is 25.0 Å². The summed E-state index contributed by atoms with van der Waals surface area (Å²) in [6.45, 7) is 1.46. The summed E-state index contributed by atoms with van der Waals surface area (Å²) >= 11 is 0. The van der Waals surface area contributed by atoms with E-state index in [0.29, 0.717) is 12.1 Å². The molecular weight excluding hydrogens is 242 g/mol. The molecule has 2 amide bonds. The zero-order chi connectivity index (χ0) is 13.2. The predicted octanol–water partition coefficient (Wildman–Crippen LogP) is 1.81. The van der Waals surface area contributed by atoms with Crippen LogP contribution in [0.5, 0.6) is 0 Å². The first-order chi connectivity index (χ1) is 9.26. The van der Waals surface area contributed by atoms with Crippen LogP contribution in [0.4, 0.5) is 16.2 Å². The number of urea groups is 1. The minimum Gasteiger partial charge on any atom is -0.382 e. The van der Waals surface area contributed by atoms with Gasteiger partial charge < -0.3 is 15.4 Å². The van der Waals surface area contributed by atoms with E-state index >= 15 is 0 Å². The summed E-state index contributed by atoms with van der Waals surface area (Å²) in [5.41, 5.74) is 2.05. The molecule has 1 aliphatic heterocycles. The predicted molar refractivity (Wildman–Crippen MR) is 74.6 cm³/mol. The lowest BCUT2D eigenvalue weighted by Crippen LogP contribution is -2.40. The molecular formula is C14H19N3O2. The summed E-state index contributed by atoms with van der Waals surface area (Å²) < 4.78 is 5.26. The van der Waals surface area contributed by atoms with E-state index in [1.807, 2.05) is 24.3 Å². The van der Waals surface area contributed by atoms with Crippen molar-refractivity contribution in [3.63, 3.8) is 0 Å². The largest absolute Gasteiger partial charge is 0.382 e. The maximum atomic E-state index is 11.5. The number of ether oxygens (including phenoxy) is 1. The van der Waals surface area contributed by atoms with Crippen molar-refractivity contribution in [2.24, 2.45) is 0 Å². The van der Waals surface area contributed by atoms with E-state index in [0.717, 1.165) is 37.3 Å². The number of benzene rings is 1. The van der Waals surface area contributed by atoms with Crippen molar-refractivity contribution in [1.82, 2.24) is 5.32 Å². The van der Waals surface area contributed by atoms with E-state index in [9.17, 15) is 4.79 Å². The third kappa shape index (κ3) is 2.51. The number of amides is 2. The fraction of sp³-hybridized carbons (Fsp3) is 0.500. The van der Waals surface area contributed by atoms with Crippen molar-refractivity contribution in [2.75, 3.05) is 30.4 Å². The molecule has 0 spiro atoms. The summed E-state index contributed by atoms with van der Waals surface area (Å²) in [7, 11) is 1.76. The molecule has 0 bridgehead atoms. The van der Waals surface area contributed by atoms with Crippen LogP contribution in [0.15, 0.2) is 24.3 Å². The fourth-order valence-corrected chi connectivity index (χ4v) is 2.57. The number of hydrogen-bond donors (Lipinski definition) is 2. The van der Waals surface area contributed by atoms with Crippen LogP contribution in [0.3, 0.4) is 0 Å². The molecule has 1 aromatic rings. The van der Waals surface area contributed by atoms with E-state index in [-0.39, 0.29) is 6.03 Å². The second kappa shape index (κ2) is 5.09. The fourth-order valence-electron chi connectivity index (χ4n) is 2.57. The van der Waals surface area contributed by atoms with Crippen LogP contribution < -0.4 is 15.5 Å².